The summed E-state index contributed by atoms with van der Waals surface area (Å²) in [6.07, 6.45) is 0.928. The molecule has 2 aromatic rings. The Balaban J connectivity index is 1.78. The summed E-state index contributed by atoms with van der Waals surface area (Å²) in [4.78, 5) is 17.2. The van der Waals surface area contributed by atoms with Crippen molar-refractivity contribution in [2.24, 2.45) is 10.9 Å². The smallest absolute Gasteiger partial charge is 0.243 e. The van der Waals surface area contributed by atoms with E-state index in [1.807, 2.05) is 11.4 Å². The fourth-order valence-electron chi connectivity index (χ4n) is 2.32. The van der Waals surface area contributed by atoms with E-state index in [9.17, 15) is 18.0 Å². The molecule has 1 unspecified atom stereocenters. The summed E-state index contributed by atoms with van der Waals surface area (Å²) in [7, 11) is 1.56. The molecule has 0 bridgehead atoms. The number of halogens is 3. The van der Waals surface area contributed by atoms with Gasteiger partial charge in [-0.15, -0.1) is 11.3 Å². The topological polar surface area (TPSA) is 65.5 Å². The summed E-state index contributed by atoms with van der Waals surface area (Å²) in [6, 6.07) is 5.80. The van der Waals surface area contributed by atoms with Crippen molar-refractivity contribution < 1.29 is 18.0 Å². The molecule has 0 aliphatic carbocycles. The molecule has 2 rings (SSSR count). The van der Waals surface area contributed by atoms with Gasteiger partial charge < -0.3 is 16.0 Å². The largest absolute Gasteiger partial charge is 0.356 e. The van der Waals surface area contributed by atoms with Gasteiger partial charge in [-0.25, -0.2) is 13.2 Å². The predicted octanol–water partition coefficient (Wildman–Crippen LogP) is 3.15. The van der Waals surface area contributed by atoms with Gasteiger partial charge in [-0.2, -0.15) is 0 Å². The maximum Gasteiger partial charge on any atom is 0.243 e. The van der Waals surface area contributed by atoms with Crippen LogP contribution in [0, 0.1) is 23.4 Å². The standard InChI is InChI=1S/C18H21F3N4OS/c1-11(8-12-4-3-7-27-12)9-23-18(22-2)24-10-15(26)25-14-6-5-13(19)16(20)17(14)21/h3-7,11H,8-10H2,1-2H3,(H,25,26)(H2,22,23,24). The molecule has 9 heteroatoms. The molecular formula is C18H21F3N4OS. The summed E-state index contributed by atoms with van der Waals surface area (Å²) >= 11 is 1.70. The normalized spacial score (nSPS) is 12.6. The van der Waals surface area contributed by atoms with E-state index in [2.05, 4.69) is 33.9 Å². The van der Waals surface area contributed by atoms with Crippen LogP contribution in [-0.4, -0.2) is 32.0 Å². The first-order chi connectivity index (χ1) is 12.9. The van der Waals surface area contributed by atoms with E-state index < -0.39 is 29.0 Å². The zero-order valence-corrected chi connectivity index (χ0v) is 15.8. The molecule has 27 heavy (non-hydrogen) atoms. The van der Waals surface area contributed by atoms with Crippen molar-refractivity contribution in [3.05, 3.63) is 52.0 Å². The summed E-state index contributed by atoms with van der Waals surface area (Å²) in [5.74, 6) is -4.23. The first-order valence-electron chi connectivity index (χ1n) is 8.31. The fourth-order valence-corrected chi connectivity index (χ4v) is 3.19. The Kier molecular flexibility index (Phi) is 7.66. The quantitative estimate of drug-likeness (QED) is 0.381. The molecule has 0 saturated carbocycles. The molecule has 0 radical (unpaired) electrons. The van der Waals surface area contributed by atoms with Gasteiger partial charge in [0.2, 0.25) is 5.91 Å². The Bertz CT molecular complexity index is 796. The monoisotopic (exact) mass is 398 g/mol. The van der Waals surface area contributed by atoms with Crippen LogP contribution in [0.5, 0.6) is 0 Å². The van der Waals surface area contributed by atoms with Crippen molar-refractivity contribution in [3.8, 4) is 0 Å². The number of carbonyl (C=O) groups excluding carboxylic acids is 1. The Morgan fingerprint density at radius 1 is 1.19 bits per heavy atom. The first kappa shape index (κ1) is 20.8. The van der Waals surface area contributed by atoms with Gasteiger partial charge in [-0.05, 0) is 35.9 Å². The zero-order valence-electron chi connectivity index (χ0n) is 15.0. The van der Waals surface area contributed by atoms with Crippen molar-refractivity contribution >= 4 is 28.9 Å². The molecule has 1 heterocycles. The lowest BCUT2D eigenvalue weighted by atomic mass is 10.1. The van der Waals surface area contributed by atoms with Gasteiger partial charge in [0, 0.05) is 18.5 Å². The number of nitrogens with zero attached hydrogens (tertiary/aromatic N) is 1. The molecule has 1 amide bonds. The number of nitrogens with one attached hydrogen (secondary N) is 3. The van der Waals surface area contributed by atoms with Crippen molar-refractivity contribution in [2.45, 2.75) is 13.3 Å². The number of guanidine groups is 1. The van der Waals surface area contributed by atoms with Crippen LogP contribution in [0.3, 0.4) is 0 Å². The number of amides is 1. The molecular weight excluding hydrogens is 377 g/mol. The number of aliphatic imine (C=N–C) groups is 1. The highest BCUT2D eigenvalue weighted by Crippen LogP contribution is 2.19. The fraction of sp³-hybridized carbons (Fsp3) is 0.333. The number of hydrogen-bond acceptors (Lipinski definition) is 3. The Hall–Kier alpha value is -2.55. The molecule has 5 nitrogen and oxygen atoms in total. The third kappa shape index (κ3) is 6.28. The van der Waals surface area contributed by atoms with Gasteiger partial charge in [0.05, 0.1) is 12.2 Å². The first-order valence-corrected chi connectivity index (χ1v) is 9.19. The van der Waals surface area contributed by atoms with E-state index in [4.69, 9.17) is 0 Å². The van der Waals surface area contributed by atoms with Gasteiger partial charge in [0.25, 0.3) is 0 Å². The third-order valence-corrected chi connectivity index (χ3v) is 4.60. The van der Waals surface area contributed by atoms with E-state index in [1.54, 1.807) is 18.4 Å². The molecule has 0 saturated heterocycles. The molecule has 0 fully saturated rings. The summed E-state index contributed by atoms with van der Waals surface area (Å²) in [5, 5.41) is 10.1. The molecule has 0 aliphatic rings. The van der Waals surface area contributed by atoms with E-state index in [0.29, 0.717) is 18.4 Å². The van der Waals surface area contributed by atoms with Crippen molar-refractivity contribution in [1.82, 2.24) is 10.6 Å². The van der Waals surface area contributed by atoms with E-state index >= 15 is 0 Å². The SMILES string of the molecule is CN=C(NCC(=O)Nc1ccc(F)c(F)c1F)NCC(C)Cc1cccs1. The highest BCUT2D eigenvalue weighted by molar-refractivity contribution is 7.09. The van der Waals surface area contributed by atoms with Crippen LogP contribution < -0.4 is 16.0 Å². The molecule has 1 aromatic carbocycles. The number of thiophene rings is 1. The number of rotatable bonds is 7. The highest BCUT2D eigenvalue weighted by atomic mass is 32.1. The number of anilines is 1. The second kappa shape index (κ2) is 9.96. The van der Waals surface area contributed by atoms with Crippen molar-refractivity contribution in [3.63, 3.8) is 0 Å². The minimum atomic E-state index is -1.63. The van der Waals surface area contributed by atoms with E-state index in [0.717, 1.165) is 18.6 Å². The Morgan fingerprint density at radius 3 is 2.63 bits per heavy atom. The summed E-state index contributed by atoms with van der Waals surface area (Å²) in [5.41, 5.74) is -0.423. The Labute approximate surface area is 159 Å². The third-order valence-electron chi connectivity index (χ3n) is 3.70. The number of carbonyl (C=O) groups is 1. The van der Waals surface area contributed by atoms with Crippen LogP contribution in [0.15, 0.2) is 34.6 Å². The average molecular weight is 398 g/mol. The molecule has 1 atom stereocenters. The lowest BCUT2D eigenvalue weighted by molar-refractivity contribution is -0.115. The van der Waals surface area contributed by atoms with E-state index in [-0.39, 0.29) is 6.54 Å². The lowest BCUT2D eigenvalue weighted by Gasteiger charge is -2.15. The van der Waals surface area contributed by atoms with Crippen LogP contribution in [0.25, 0.3) is 0 Å². The van der Waals surface area contributed by atoms with Gasteiger partial charge in [-0.3, -0.25) is 9.79 Å². The number of hydrogen-bond donors (Lipinski definition) is 3. The average Bonchev–Trinajstić information content (AvgIpc) is 3.15. The Morgan fingerprint density at radius 2 is 1.96 bits per heavy atom. The summed E-state index contributed by atoms with van der Waals surface area (Å²) in [6.45, 7) is 2.53. The van der Waals surface area contributed by atoms with Gasteiger partial charge in [0.15, 0.2) is 23.4 Å². The lowest BCUT2D eigenvalue weighted by Crippen LogP contribution is -2.43. The molecule has 0 spiro atoms. The molecule has 1 aromatic heterocycles. The number of benzene rings is 1. The summed E-state index contributed by atoms with van der Waals surface area (Å²) < 4.78 is 39.6. The van der Waals surface area contributed by atoms with Crippen LogP contribution in [0.1, 0.15) is 11.8 Å². The van der Waals surface area contributed by atoms with Crippen LogP contribution >= 0.6 is 11.3 Å². The zero-order chi connectivity index (χ0) is 19.8. The molecule has 3 N–H and O–H groups in total. The maximum absolute atomic E-state index is 13.6. The second-order valence-corrected chi connectivity index (χ2v) is 7.00. The van der Waals surface area contributed by atoms with Crippen LogP contribution in [-0.2, 0) is 11.2 Å². The van der Waals surface area contributed by atoms with Gasteiger partial charge in [-0.1, -0.05) is 13.0 Å². The molecule has 146 valence electrons. The second-order valence-electron chi connectivity index (χ2n) is 5.97. The molecule has 0 aliphatic heterocycles. The predicted molar refractivity (Wildman–Crippen MR) is 101 cm³/mol. The highest BCUT2D eigenvalue weighted by Gasteiger charge is 2.15. The van der Waals surface area contributed by atoms with Crippen LogP contribution in [0.2, 0.25) is 0 Å². The van der Waals surface area contributed by atoms with Gasteiger partial charge in [0.1, 0.15) is 0 Å². The van der Waals surface area contributed by atoms with E-state index in [1.165, 1.54) is 4.88 Å². The van der Waals surface area contributed by atoms with Crippen LogP contribution in [0.4, 0.5) is 18.9 Å². The van der Waals surface area contributed by atoms with Gasteiger partial charge >= 0.3 is 0 Å². The minimum absolute atomic E-state index is 0.211. The minimum Gasteiger partial charge on any atom is -0.356 e. The van der Waals surface area contributed by atoms with Crippen molar-refractivity contribution in [2.75, 3.05) is 25.5 Å². The van der Waals surface area contributed by atoms with Crippen molar-refractivity contribution in [1.29, 1.82) is 0 Å². The maximum atomic E-state index is 13.6.